The van der Waals surface area contributed by atoms with E-state index in [0.717, 1.165) is 18.5 Å². The molecule has 0 aromatic heterocycles. The van der Waals surface area contributed by atoms with Gasteiger partial charge in [0.05, 0.1) is 42.4 Å². The molecule has 3 heterocycles. The van der Waals surface area contributed by atoms with E-state index in [-0.39, 0.29) is 48.1 Å². The molecule has 0 N–H and O–H groups in total. The fraction of sp³-hybridized carbons (Fsp3) is 0.667. The molecule has 3 aliphatic heterocycles. The number of fused-ring (bicyclic) bond motifs is 2. The van der Waals surface area contributed by atoms with Crippen molar-refractivity contribution < 1.29 is 38.1 Å². The molecule has 1 aromatic rings. The van der Waals surface area contributed by atoms with Crippen LogP contribution in [0.3, 0.4) is 0 Å². The summed E-state index contributed by atoms with van der Waals surface area (Å²) < 4.78 is 28.9. The van der Waals surface area contributed by atoms with E-state index in [2.05, 4.69) is 11.9 Å². The molecule has 4 aliphatic rings. The Bertz CT molecular complexity index is 1110. The van der Waals surface area contributed by atoms with Crippen LogP contribution in [-0.2, 0) is 34.0 Å². The zero-order valence-electron chi connectivity index (χ0n) is 22.3. The maximum Gasteiger partial charge on any atom is 0.302 e. The number of hydrogen-bond acceptors (Lipinski definition) is 9. The number of Topliss-reactive ketones (excluding diaryl/α,β-unsaturated/α-hetero) is 1. The standard InChI is InChI=1S/C27H36N2O8/c1-14-21-17-9-11-28(4)12-10-27(26(21)32)18-7-8-19(33-5)24(37-20(34-6)13-35-16(3)31)22(18)29(15(2)30)25(27)23(17)36-14/h7-8,14,17,20-21,23,25H,9-13H2,1-6H3/t14-,17+,20+,21+,23-,25-,27-/m1/s1. The van der Waals surface area contributed by atoms with Gasteiger partial charge in [-0.25, -0.2) is 0 Å². The predicted molar refractivity (Wildman–Crippen MR) is 133 cm³/mol. The van der Waals surface area contributed by atoms with Crippen molar-refractivity contribution >= 4 is 23.3 Å². The number of amides is 1. The van der Waals surface area contributed by atoms with E-state index in [1.54, 1.807) is 11.0 Å². The summed E-state index contributed by atoms with van der Waals surface area (Å²) in [7, 11) is 5.03. The molecule has 1 spiro atoms. The number of carbonyl (C=O) groups is 3. The highest BCUT2D eigenvalue weighted by Crippen LogP contribution is 2.63. The van der Waals surface area contributed by atoms with Crippen molar-refractivity contribution in [3.8, 4) is 11.5 Å². The first-order chi connectivity index (χ1) is 17.6. The molecule has 3 fully saturated rings. The molecule has 0 unspecified atom stereocenters. The molecule has 202 valence electrons. The molecular formula is C27H36N2O8. The van der Waals surface area contributed by atoms with Gasteiger partial charge in [-0.3, -0.25) is 14.4 Å². The van der Waals surface area contributed by atoms with E-state index >= 15 is 0 Å². The third kappa shape index (κ3) is 3.83. The molecule has 5 rings (SSSR count). The first-order valence-corrected chi connectivity index (χ1v) is 12.9. The number of rotatable bonds is 6. The Morgan fingerprint density at radius 3 is 2.62 bits per heavy atom. The Labute approximate surface area is 217 Å². The lowest BCUT2D eigenvalue weighted by molar-refractivity contribution is -0.154. The number of ketones is 1. The van der Waals surface area contributed by atoms with Gasteiger partial charge in [-0.1, -0.05) is 6.07 Å². The normalized spacial score (nSPS) is 33.2. The summed E-state index contributed by atoms with van der Waals surface area (Å²) in [5, 5.41) is 0. The number of carbonyl (C=O) groups excluding carboxylic acids is 3. The fourth-order valence-electron chi connectivity index (χ4n) is 7.07. The highest BCUT2D eigenvalue weighted by Gasteiger charge is 2.70. The third-order valence-electron chi connectivity index (χ3n) is 8.64. The average Bonchev–Trinajstić information content (AvgIpc) is 3.34. The van der Waals surface area contributed by atoms with Crippen LogP contribution in [-0.4, -0.2) is 88.1 Å². The van der Waals surface area contributed by atoms with Gasteiger partial charge in [-0.05, 0) is 51.5 Å². The number of methoxy groups -OCH3 is 2. The van der Waals surface area contributed by atoms with Crippen molar-refractivity contribution in [2.45, 2.75) is 63.6 Å². The lowest BCUT2D eigenvalue weighted by atomic mass is 9.57. The molecule has 10 nitrogen and oxygen atoms in total. The largest absolute Gasteiger partial charge is 0.493 e. The van der Waals surface area contributed by atoms with Gasteiger partial charge < -0.3 is 33.5 Å². The second-order valence-electron chi connectivity index (χ2n) is 10.6. The summed E-state index contributed by atoms with van der Waals surface area (Å²) in [4.78, 5) is 43.3. The number of anilines is 1. The molecule has 1 aromatic carbocycles. The van der Waals surface area contributed by atoms with Gasteiger partial charge in [0.2, 0.25) is 12.2 Å². The van der Waals surface area contributed by atoms with Crippen LogP contribution in [0.2, 0.25) is 0 Å². The first kappa shape index (κ1) is 25.9. The van der Waals surface area contributed by atoms with E-state index in [1.165, 1.54) is 28.1 Å². The lowest BCUT2D eigenvalue weighted by Crippen LogP contribution is -2.63. The van der Waals surface area contributed by atoms with E-state index < -0.39 is 23.7 Å². The van der Waals surface area contributed by atoms with Crippen molar-refractivity contribution in [2.24, 2.45) is 11.8 Å². The summed E-state index contributed by atoms with van der Waals surface area (Å²) in [5.41, 5.74) is 0.317. The second-order valence-corrected chi connectivity index (χ2v) is 10.6. The van der Waals surface area contributed by atoms with Crippen LogP contribution >= 0.6 is 0 Å². The van der Waals surface area contributed by atoms with Gasteiger partial charge in [0, 0.05) is 26.9 Å². The molecule has 1 saturated carbocycles. The van der Waals surface area contributed by atoms with Gasteiger partial charge in [0.15, 0.2) is 23.9 Å². The quantitative estimate of drug-likeness (QED) is 0.414. The van der Waals surface area contributed by atoms with Gasteiger partial charge in [-0.2, -0.15) is 0 Å². The van der Waals surface area contributed by atoms with E-state index in [9.17, 15) is 14.4 Å². The summed E-state index contributed by atoms with van der Waals surface area (Å²) in [6.07, 6.45) is -0.0399. The zero-order chi connectivity index (χ0) is 26.6. The molecule has 0 radical (unpaired) electrons. The minimum atomic E-state index is -0.946. The Kier molecular flexibility index (Phi) is 6.70. The van der Waals surface area contributed by atoms with Crippen molar-refractivity contribution in [3.63, 3.8) is 0 Å². The van der Waals surface area contributed by atoms with Gasteiger partial charge in [-0.15, -0.1) is 0 Å². The summed E-state index contributed by atoms with van der Waals surface area (Å²) in [6.45, 7) is 6.23. The number of hydrogen-bond donors (Lipinski definition) is 0. The van der Waals surface area contributed by atoms with Crippen LogP contribution in [0.1, 0.15) is 39.2 Å². The molecule has 10 heteroatoms. The first-order valence-electron chi connectivity index (χ1n) is 12.9. The van der Waals surface area contributed by atoms with Crippen LogP contribution in [0.5, 0.6) is 11.5 Å². The van der Waals surface area contributed by atoms with Crippen molar-refractivity contribution in [2.75, 3.05) is 45.9 Å². The Morgan fingerprint density at radius 2 is 1.97 bits per heavy atom. The highest BCUT2D eigenvalue weighted by molar-refractivity contribution is 6.07. The maximum atomic E-state index is 14.6. The summed E-state index contributed by atoms with van der Waals surface area (Å²) in [6, 6.07) is 3.17. The van der Waals surface area contributed by atoms with Crippen LogP contribution in [0.15, 0.2) is 12.1 Å². The van der Waals surface area contributed by atoms with Crippen molar-refractivity contribution in [1.82, 2.24) is 4.90 Å². The maximum absolute atomic E-state index is 14.6. The predicted octanol–water partition coefficient (Wildman–Crippen LogP) is 1.91. The van der Waals surface area contributed by atoms with E-state index in [0.29, 0.717) is 24.4 Å². The van der Waals surface area contributed by atoms with Crippen molar-refractivity contribution in [1.29, 1.82) is 0 Å². The lowest BCUT2D eigenvalue weighted by Gasteiger charge is -2.46. The van der Waals surface area contributed by atoms with E-state index in [4.69, 9.17) is 23.7 Å². The monoisotopic (exact) mass is 516 g/mol. The molecule has 37 heavy (non-hydrogen) atoms. The number of benzene rings is 1. The summed E-state index contributed by atoms with van der Waals surface area (Å²) in [5.74, 6) is -0.0694. The zero-order valence-corrected chi connectivity index (χ0v) is 22.3. The smallest absolute Gasteiger partial charge is 0.302 e. The molecule has 7 atom stereocenters. The average molecular weight is 517 g/mol. The molecule has 2 saturated heterocycles. The Morgan fingerprint density at radius 1 is 1.22 bits per heavy atom. The van der Waals surface area contributed by atoms with Gasteiger partial charge in [0.25, 0.3) is 0 Å². The van der Waals surface area contributed by atoms with Crippen molar-refractivity contribution in [3.05, 3.63) is 17.7 Å². The SMILES string of the molecule is COc1ccc2c(c1O[C@@H](COC(C)=O)OC)N(C(C)=O)[C@@H]1[C@@H]3O[C@H](C)[C@@H]4C(=O)[C@]21CCN(C)CC[C@H]34. The fourth-order valence-corrected chi connectivity index (χ4v) is 7.07. The third-order valence-corrected chi connectivity index (χ3v) is 8.64. The second kappa shape index (κ2) is 9.56. The van der Waals surface area contributed by atoms with E-state index in [1.807, 2.05) is 13.0 Å². The Balaban J connectivity index is 1.71. The van der Waals surface area contributed by atoms with Crippen LogP contribution in [0, 0.1) is 11.8 Å². The molecular weight excluding hydrogens is 480 g/mol. The molecule has 1 aliphatic carbocycles. The number of esters is 1. The van der Waals surface area contributed by atoms with Crippen LogP contribution in [0.25, 0.3) is 0 Å². The molecule has 1 amide bonds. The minimum absolute atomic E-state index is 0.0271. The summed E-state index contributed by atoms with van der Waals surface area (Å²) >= 11 is 0. The van der Waals surface area contributed by atoms with Gasteiger partial charge >= 0.3 is 5.97 Å². The Hall–Kier alpha value is -2.69. The minimum Gasteiger partial charge on any atom is -0.493 e. The van der Waals surface area contributed by atoms with Crippen LogP contribution < -0.4 is 14.4 Å². The van der Waals surface area contributed by atoms with Gasteiger partial charge in [0.1, 0.15) is 0 Å². The number of nitrogens with zero attached hydrogens (tertiary/aromatic N) is 2. The topological polar surface area (TPSA) is 104 Å². The molecule has 4 bridgehead atoms. The number of ether oxygens (including phenoxy) is 5. The van der Waals surface area contributed by atoms with Crippen LogP contribution in [0.4, 0.5) is 5.69 Å². The highest BCUT2D eigenvalue weighted by atomic mass is 16.7.